The minimum absolute atomic E-state index is 0.228. The lowest BCUT2D eigenvalue weighted by Crippen LogP contribution is -2.46. The van der Waals surface area contributed by atoms with Gasteiger partial charge in [0, 0.05) is 6.42 Å². The molecular formula is C9H17NO4. The maximum Gasteiger partial charge on any atom is 0.337 e. The number of carboxylic acid groups (broad SMARTS) is 1. The molecule has 0 fully saturated rings. The van der Waals surface area contributed by atoms with Crippen LogP contribution in [-0.4, -0.2) is 34.2 Å². The number of nitrogens with one attached hydrogen (secondary N) is 1. The Morgan fingerprint density at radius 2 is 2.00 bits per heavy atom. The van der Waals surface area contributed by atoms with E-state index in [0.29, 0.717) is 6.42 Å². The summed E-state index contributed by atoms with van der Waals surface area (Å²) in [5.41, 5.74) is -1.89. The Kier molecular flexibility index (Phi) is 5.15. The van der Waals surface area contributed by atoms with Crippen LogP contribution in [0, 0.1) is 0 Å². The Balaban J connectivity index is 3.82. The molecule has 0 rings (SSSR count). The third kappa shape index (κ3) is 4.81. The maximum atomic E-state index is 11.1. The van der Waals surface area contributed by atoms with Crippen molar-refractivity contribution in [3.63, 3.8) is 0 Å². The summed E-state index contributed by atoms with van der Waals surface area (Å²) in [7, 11) is 0. The van der Waals surface area contributed by atoms with Gasteiger partial charge >= 0.3 is 5.97 Å². The van der Waals surface area contributed by atoms with Gasteiger partial charge in [-0.3, -0.25) is 4.79 Å². The first-order valence-corrected chi connectivity index (χ1v) is 4.62. The summed E-state index contributed by atoms with van der Waals surface area (Å²) >= 11 is 0. The molecule has 0 aliphatic carbocycles. The van der Waals surface area contributed by atoms with E-state index in [9.17, 15) is 14.7 Å². The minimum atomic E-state index is -1.89. The largest absolute Gasteiger partial charge is 0.479 e. The maximum absolute atomic E-state index is 11.1. The van der Waals surface area contributed by atoms with Gasteiger partial charge in [-0.1, -0.05) is 13.3 Å². The van der Waals surface area contributed by atoms with Gasteiger partial charge in [-0.15, -0.1) is 0 Å². The molecule has 14 heavy (non-hydrogen) atoms. The number of hydrogen-bond donors (Lipinski definition) is 3. The highest BCUT2D eigenvalue weighted by atomic mass is 16.4. The fourth-order valence-electron chi connectivity index (χ4n) is 0.772. The third-order valence-electron chi connectivity index (χ3n) is 1.85. The van der Waals surface area contributed by atoms with Crippen LogP contribution in [-0.2, 0) is 9.59 Å². The van der Waals surface area contributed by atoms with E-state index in [1.165, 1.54) is 0 Å². The molecule has 0 heterocycles. The molecule has 0 saturated carbocycles. The van der Waals surface area contributed by atoms with Gasteiger partial charge < -0.3 is 15.5 Å². The number of hydrogen-bond acceptors (Lipinski definition) is 3. The molecular weight excluding hydrogens is 186 g/mol. The lowest BCUT2D eigenvalue weighted by atomic mass is 10.1. The lowest BCUT2D eigenvalue weighted by Gasteiger charge is -2.18. The molecule has 0 aromatic heterocycles. The average Bonchev–Trinajstić information content (AvgIpc) is 2.11. The van der Waals surface area contributed by atoms with E-state index in [2.05, 4.69) is 5.32 Å². The zero-order valence-corrected chi connectivity index (χ0v) is 8.54. The average molecular weight is 203 g/mol. The molecule has 82 valence electrons. The zero-order valence-electron chi connectivity index (χ0n) is 8.54. The normalized spacial score (nSPS) is 14.5. The van der Waals surface area contributed by atoms with Crippen LogP contribution in [0.2, 0.25) is 0 Å². The van der Waals surface area contributed by atoms with Crippen molar-refractivity contribution < 1.29 is 19.8 Å². The molecule has 0 aliphatic rings. The Hall–Kier alpha value is -1.10. The molecule has 0 radical (unpaired) electrons. The van der Waals surface area contributed by atoms with Gasteiger partial charge in [0.05, 0.1) is 6.54 Å². The topological polar surface area (TPSA) is 86.6 Å². The van der Waals surface area contributed by atoms with Crippen molar-refractivity contribution in [2.75, 3.05) is 6.54 Å². The number of amides is 1. The van der Waals surface area contributed by atoms with Crippen LogP contribution in [0.25, 0.3) is 0 Å². The van der Waals surface area contributed by atoms with E-state index in [1.54, 1.807) is 0 Å². The first kappa shape index (κ1) is 12.9. The molecule has 0 aromatic carbocycles. The molecule has 3 N–H and O–H groups in total. The highest BCUT2D eigenvalue weighted by molar-refractivity contribution is 5.80. The van der Waals surface area contributed by atoms with Gasteiger partial charge in [-0.25, -0.2) is 4.79 Å². The third-order valence-corrected chi connectivity index (χ3v) is 1.85. The first-order valence-electron chi connectivity index (χ1n) is 4.62. The van der Waals surface area contributed by atoms with Crippen LogP contribution in [0.4, 0.5) is 0 Å². The van der Waals surface area contributed by atoms with Crippen molar-refractivity contribution in [3.8, 4) is 0 Å². The lowest BCUT2D eigenvalue weighted by molar-refractivity contribution is -0.156. The summed E-state index contributed by atoms with van der Waals surface area (Å²) in [4.78, 5) is 21.5. The molecule has 1 atom stereocenters. The van der Waals surface area contributed by atoms with Crippen LogP contribution in [0.1, 0.15) is 33.1 Å². The molecule has 0 saturated heterocycles. The fourth-order valence-corrected chi connectivity index (χ4v) is 0.772. The predicted octanol–water partition coefficient (Wildman–Crippen LogP) is 0.128. The second kappa shape index (κ2) is 5.59. The van der Waals surface area contributed by atoms with E-state index in [0.717, 1.165) is 19.8 Å². The number of carbonyl (C=O) groups is 2. The molecule has 5 heteroatoms. The second-order valence-corrected chi connectivity index (χ2v) is 3.46. The highest BCUT2D eigenvalue weighted by Crippen LogP contribution is 2.01. The van der Waals surface area contributed by atoms with Crippen LogP contribution < -0.4 is 5.32 Å². The number of aliphatic hydroxyl groups is 1. The monoisotopic (exact) mass is 203 g/mol. The summed E-state index contributed by atoms with van der Waals surface area (Å²) in [6.07, 6.45) is 2.04. The number of carbonyl (C=O) groups excluding carboxylic acids is 1. The smallest absolute Gasteiger partial charge is 0.337 e. The molecule has 5 nitrogen and oxygen atoms in total. The van der Waals surface area contributed by atoms with Crippen molar-refractivity contribution in [3.05, 3.63) is 0 Å². The molecule has 0 aromatic rings. The van der Waals surface area contributed by atoms with E-state index in [4.69, 9.17) is 5.11 Å². The van der Waals surface area contributed by atoms with E-state index >= 15 is 0 Å². The Labute approximate surface area is 83.1 Å². The van der Waals surface area contributed by atoms with E-state index in [-0.39, 0.29) is 12.5 Å². The van der Waals surface area contributed by atoms with E-state index < -0.39 is 11.6 Å². The minimum Gasteiger partial charge on any atom is -0.479 e. The second-order valence-electron chi connectivity index (χ2n) is 3.46. The standard InChI is InChI=1S/C9H17NO4/c1-3-4-5-7(11)10-6-9(2,14)8(12)13/h14H,3-6H2,1-2H3,(H,10,11)(H,12,13). The molecule has 0 spiro atoms. The molecule has 1 amide bonds. The number of unbranched alkanes of at least 4 members (excludes halogenated alkanes) is 1. The van der Waals surface area contributed by atoms with Gasteiger partial charge in [0.25, 0.3) is 0 Å². The molecule has 0 bridgehead atoms. The van der Waals surface area contributed by atoms with Gasteiger partial charge in [0.1, 0.15) is 0 Å². The first-order chi connectivity index (χ1) is 6.40. The van der Waals surface area contributed by atoms with Gasteiger partial charge in [-0.2, -0.15) is 0 Å². The van der Waals surface area contributed by atoms with Gasteiger partial charge in [-0.05, 0) is 13.3 Å². The summed E-state index contributed by atoms with van der Waals surface area (Å²) in [5.74, 6) is -1.57. The van der Waals surface area contributed by atoms with Crippen molar-refractivity contribution in [2.24, 2.45) is 0 Å². The van der Waals surface area contributed by atoms with Crippen LogP contribution in [0.15, 0.2) is 0 Å². The number of carboxylic acids is 1. The SMILES string of the molecule is CCCCC(=O)NCC(C)(O)C(=O)O. The zero-order chi connectivity index (χ0) is 11.2. The number of rotatable bonds is 6. The highest BCUT2D eigenvalue weighted by Gasteiger charge is 2.29. The quantitative estimate of drug-likeness (QED) is 0.572. The summed E-state index contributed by atoms with van der Waals surface area (Å²) < 4.78 is 0. The molecule has 1 unspecified atom stereocenters. The van der Waals surface area contributed by atoms with Crippen molar-refractivity contribution in [2.45, 2.75) is 38.7 Å². The predicted molar refractivity (Wildman–Crippen MR) is 50.8 cm³/mol. The molecule has 0 aliphatic heterocycles. The summed E-state index contributed by atoms with van der Waals surface area (Å²) in [6, 6.07) is 0. The van der Waals surface area contributed by atoms with E-state index in [1.807, 2.05) is 6.92 Å². The Bertz CT molecular complexity index is 213. The summed E-state index contributed by atoms with van der Waals surface area (Å²) in [6.45, 7) is 2.85. The van der Waals surface area contributed by atoms with Crippen molar-refractivity contribution in [1.82, 2.24) is 5.32 Å². The number of aliphatic carboxylic acids is 1. The van der Waals surface area contributed by atoms with Crippen LogP contribution in [0.5, 0.6) is 0 Å². The Morgan fingerprint density at radius 1 is 1.43 bits per heavy atom. The van der Waals surface area contributed by atoms with Gasteiger partial charge in [0.2, 0.25) is 5.91 Å². The van der Waals surface area contributed by atoms with Crippen LogP contribution >= 0.6 is 0 Å². The van der Waals surface area contributed by atoms with Crippen molar-refractivity contribution in [1.29, 1.82) is 0 Å². The summed E-state index contributed by atoms with van der Waals surface area (Å²) in [5, 5.41) is 20.1. The Morgan fingerprint density at radius 3 is 2.43 bits per heavy atom. The van der Waals surface area contributed by atoms with Crippen LogP contribution in [0.3, 0.4) is 0 Å². The van der Waals surface area contributed by atoms with Crippen molar-refractivity contribution >= 4 is 11.9 Å². The fraction of sp³-hybridized carbons (Fsp3) is 0.778. The van der Waals surface area contributed by atoms with Gasteiger partial charge in [0.15, 0.2) is 5.60 Å².